The second-order valence-corrected chi connectivity index (χ2v) is 7.72. The van der Waals surface area contributed by atoms with E-state index in [1.807, 2.05) is 0 Å². The topological polar surface area (TPSA) is 109 Å². The molecular weight excluding hydrogens is 434 g/mol. The molecule has 0 atom stereocenters. The Hall–Kier alpha value is -3.82. The summed E-state index contributed by atoms with van der Waals surface area (Å²) in [5.41, 5.74) is 3.89. The highest BCUT2D eigenvalue weighted by Gasteiger charge is 2.15. The molecular formula is C22H20ClN5O4. The number of hydroxylamine groups is 1. The number of hydrazine groups is 1. The minimum Gasteiger partial charge on any atom is -0.348 e. The summed E-state index contributed by atoms with van der Waals surface area (Å²) >= 11 is 5.91. The number of hydrogen-bond donors (Lipinski definition) is 3. The van der Waals surface area contributed by atoms with Gasteiger partial charge in [-0.1, -0.05) is 23.7 Å². The quantitative estimate of drug-likeness (QED) is 0.543. The van der Waals surface area contributed by atoms with Gasteiger partial charge in [-0.05, 0) is 47.5 Å². The maximum absolute atomic E-state index is 13.1. The molecule has 3 N–H and O–H groups in total. The Kier molecular flexibility index (Phi) is 5.85. The Morgan fingerprint density at radius 3 is 2.59 bits per heavy atom. The highest BCUT2D eigenvalue weighted by Crippen LogP contribution is 2.13. The number of fused-ring (bicyclic) bond motifs is 1. The van der Waals surface area contributed by atoms with E-state index in [9.17, 15) is 19.6 Å². The molecule has 4 rings (SSSR count). The standard InChI is InChI=1S/C22H20ClN5O4/c1-26-19-7-4-16(20(29)24-11-15-8-9-28(32)25-12-15)10-18(19)21(30)27(22(26)31)13-14-2-5-17(23)6-3-14/h2-10,12,25,32H,11,13H2,1H3,(H,24,29). The molecule has 0 radical (unpaired) electrons. The van der Waals surface area contributed by atoms with Crippen LogP contribution in [0, 0.1) is 0 Å². The van der Waals surface area contributed by atoms with Gasteiger partial charge in [-0.3, -0.25) is 29.4 Å². The normalized spacial score (nSPS) is 13.1. The highest BCUT2D eigenvalue weighted by molar-refractivity contribution is 6.30. The van der Waals surface area contributed by atoms with E-state index >= 15 is 0 Å². The van der Waals surface area contributed by atoms with Crippen LogP contribution in [-0.2, 0) is 13.6 Å². The van der Waals surface area contributed by atoms with Gasteiger partial charge < -0.3 is 5.32 Å². The number of halogens is 1. The largest absolute Gasteiger partial charge is 0.348 e. The molecule has 1 amide bonds. The van der Waals surface area contributed by atoms with Crippen LogP contribution < -0.4 is 22.0 Å². The lowest BCUT2D eigenvalue weighted by Gasteiger charge is -2.17. The first-order chi connectivity index (χ1) is 15.3. The van der Waals surface area contributed by atoms with Crippen LogP contribution in [0.3, 0.4) is 0 Å². The molecule has 1 aliphatic rings. The van der Waals surface area contributed by atoms with Crippen molar-refractivity contribution in [3.05, 3.63) is 104 Å². The first kappa shape index (κ1) is 21.4. The maximum Gasteiger partial charge on any atom is 0.331 e. The van der Waals surface area contributed by atoms with Gasteiger partial charge in [0, 0.05) is 30.4 Å². The third-order valence-electron chi connectivity index (χ3n) is 5.13. The summed E-state index contributed by atoms with van der Waals surface area (Å²) in [5, 5.41) is 13.6. The van der Waals surface area contributed by atoms with Crippen molar-refractivity contribution in [1.82, 2.24) is 25.0 Å². The number of benzene rings is 2. The van der Waals surface area contributed by atoms with Crippen molar-refractivity contribution in [2.45, 2.75) is 6.54 Å². The Morgan fingerprint density at radius 2 is 1.91 bits per heavy atom. The van der Waals surface area contributed by atoms with Crippen LogP contribution in [0.15, 0.2) is 76.1 Å². The first-order valence-electron chi connectivity index (χ1n) is 9.71. The van der Waals surface area contributed by atoms with Crippen LogP contribution in [0.25, 0.3) is 10.9 Å². The van der Waals surface area contributed by atoms with Crippen molar-refractivity contribution in [2.24, 2.45) is 7.05 Å². The molecule has 0 bridgehead atoms. The zero-order chi connectivity index (χ0) is 22.8. The van der Waals surface area contributed by atoms with Crippen LogP contribution in [0.1, 0.15) is 15.9 Å². The van der Waals surface area contributed by atoms with Gasteiger partial charge in [-0.15, -0.1) is 0 Å². The van der Waals surface area contributed by atoms with Crippen molar-refractivity contribution in [1.29, 1.82) is 0 Å². The third-order valence-corrected chi connectivity index (χ3v) is 5.38. The Labute approximate surface area is 187 Å². The van der Waals surface area contributed by atoms with Crippen LogP contribution in [-0.4, -0.2) is 32.0 Å². The average molecular weight is 454 g/mol. The minimum absolute atomic E-state index is 0.0877. The molecule has 1 aliphatic heterocycles. The molecule has 164 valence electrons. The van der Waals surface area contributed by atoms with E-state index in [2.05, 4.69) is 10.7 Å². The van der Waals surface area contributed by atoms with Crippen molar-refractivity contribution in [2.75, 3.05) is 6.54 Å². The first-order valence-corrected chi connectivity index (χ1v) is 10.1. The van der Waals surface area contributed by atoms with Gasteiger partial charge >= 0.3 is 5.69 Å². The summed E-state index contributed by atoms with van der Waals surface area (Å²) in [6.07, 6.45) is 4.59. The third kappa shape index (κ3) is 4.29. The molecule has 2 aromatic carbocycles. The minimum atomic E-state index is -0.474. The van der Waals surface area contributed by atoms with Gasteiger partial charge in [-0.25, -0.2) is 4.79 Å². The second kappa shape index (κ2) is 8.74. The van der Waals surface area contributed by atoms with Gasteiger partial charge in [0.15, 0.2) is 0 Å². The molecule has 0 fully saturated rings. The second-order valence-electron chi connectivity index (χ2n) is 7.28. The number of nitrogens with one attached hydrogen (secondary N) is 2. The fourth-order valence-electron chi connectivity index (χ4n) is 3.37. The fourth-order valence-corrected chi connectivity index (χ4v) is 3.50. The van der Waals surface area contributed by atoms with Crippen LogP contribution in [0.5, 0.6) is 0 Å². The van der Waals surface area contributed by atoms with Gasteiger partial charge in [0.1, 0.15) is 0 Å². The predicted octanol–water partition coefficient (Wildman–Crippen LogP) is 1.74. The van der Waals surface area contributed by atoms with Crippen LogP contribution >= 0.6 is 11.6 Å². The molecule has 0 saturated carbocycles. The molecule has 0 aliphatic carbocycles. The monoisotopic (exact) mass is 453 g/mol. The summed E-state index contributed by atoms with van der Waals surface area (Å²) in [7, 11) is 1.58. The smallest absolute Gasteiger partial charge is 0.331 e. The van der Waals surface area contributed by atoms with Gasteiger partial charge in [0.05, 0.1) is 23.6 Å². The van der Waals surface area contributed by atoms with E-state index in [1.54, 1.807) is 55.7 Å². The van der Waals surface area contributed by atoms with Gasteiger partial charge in [0.2, 0.25) is 0 Å². The van der Waals surface area contributed by atoms with Crippen LogP contribution in [0.4, 0.5) is 0 Å². The fraction of sp³-hybridized carbons (Fsp3) is 0.136. The summed E-state index contributed by atoms with van der Waals surface area (Å²) in [6.45, 7) is 0.312. The molecule has 2 heterocycles. The summed E-state index contributed by atoms with van der Waals surface area (Å²) in [6, 6.07) is 11.5. The van der Waals surface area contributed by atoms with Crippen molar-refractivity contribution in [3.8, 4) is 0 Å². The molecule has 0 unspecified atom stereocenters. The van der Waals surface area contributed by atoms with Gasteiger partial charge in [-0.2, -0.15) is 5.17 Å². The number of aromatic nitrogens is 2. The Bertz CT molecular complexity index is 1370. The van der Waals surface area contributed by atoms with E-state index < -0.39 is 11.2 Å². The number of carbonyl (C=O) groups is 1. The average Bonchev–Trinajstić information content (AvgIpc) is 2.80. The lowest BCUT2D eigenvalue weighted by atomic mass is 10.1. The number of rotatable bonds is 5. The zero-order valence-corrected chi connectivity index (χ0v) is 17.8. The molecule has 1 aromatic heterocycles. The molecule has 10 heteroatoms. The van der Waals surface area contributed by atoms with E-state index in [-0.39, 0.29) is 24.4 Å². The van der Waals surface area contributed by atoms with Gasteiger partial charge in [0.25, 0.3) is 11.5 Å². The molecule has 0 spiro atoms. The number of aryl methyl sites for hydroxylation is 1. The SMILES string of the molecule is Cn1c(=O)n(Cc2ccc(Cl)cc2)c(=O)c2cc(C(=O)NCC3=CNN(O)C=C3)ccc21. The molecule has 3 aromatic rings. The number of carbonyl (C=O) groups excluding carboxylic acids is 1. The number of hydrogen-bond acceptors (Lipinski definition) is 6. The summed E-state index contributed by atoms with van der Waals surface area (Å²) < 4.78 is 2.52. The number of amides is 1. The lowest BCUT2D eigenvalue weighted by molar-refractivity contribution is -0.0763. The molecule has 0 saturated heterocycles. The Morgan fingerprint density at radius 1 is 1.16 bits per heavy atom. The van der Waals surface area contributed by atoms with E-state index in [4.69, 9.17) is 11.6 Å². The summed E-state index contributed by atoms with van der Waals surface area (Å²) in [5.74, 6) is -0.370. The van der Waals surface area contributed by atoms with Crippen molar-refractivity contribution in [3.63, 3.8) is 0 Å². The van der Waals surface area contributed by atoms with Crippen LogP contribution in [0.2, 0.25) is 5.02 Å². The zero-order valence-electron chi connectivity index (χ0n) is 17.1. The van der Waals surface area contributed by atoms with Crippen molar-refractivity contribution < 1.29 is 10.0 Å². The van der Waals surface area contributed by atoms with E-state index in [0.717, 1.165) is 20.9 Å². The maximum atomic E-state index is 13.1. The Balaban J connectivity index is 1.64. The van der Waals surface area contributed by atoms with E-state index in [0.29, 0.717) is 16.1 Å². The molecule has 32 heavy (non-hydrogen) atoms. The molecule has 9 nitrogen and oxygen atoms in total. The predicted molar refractivity (Wildman–Crippen MR) is 120 cm³/mol. The lowest BCUT2D eigenvalue weighted by Crippen LogP contribution is -2.39. The number of nitrogens with zero attached hydrogens (tertiary/aromatic N) is 3. The van der Waals surface area contributed by atoms with E-state index in [1.165, 1.54) is 16.8 Å². The summed E-state index contributed by atoms with van der Waals surface area (Å²) in [4.78, 5) is 38.5. The highest BCUT2D eigenvalue weighted by atomic mass is 35.5. The van der Waals surface area contributed by atoms with Crippen molar-refractivity contribution >= 4 is 28.4 Å².